The molecule has 19 heavy (non-hydrogen) atoms. The Kier molecular flexibility index (Phi) is 4.35. The number of carbonyl (C=O) groups excluding carboxylic acids is 1. The van der Waals surface area contributed by atoms with Gasteiger partial charge >= 0.3 is 0 Å². The van der Waals surface area contributed by atoms with Gasteiger partial charge < -0.3 is 5.73 Å². The molecule has 0 aliphatic carbocycles. The third kappa shape index (κ3) is 3.68. The number of hydrogen-bond acceptors (Lipinski definition) is 1. The summed E-state index contributed by atoms with van der Waals surface area (Å²) in [5.74, 6) is -0.251. The van der Waals surface area contributed by atoms with Gasteiger partial charge in [-0.1, -0.05) is 55.5 Å². The summed E-state index contributed by atoms with van der Waals surface area (Å²) in [5, 5.41) is 0. The summed E-state index contributed by atoms with van der Waals surface area (Å²) in [5.41, 5.74) is 10.1. The lowest BCUT2D eigenvalue weighted by atomic mass is 10.0. The Balaban J connectivity index is 2.10. The Bertz CT molecular complexity index is 540. The van der Waals surface area contributed by atoms with Gasteiger partial charge in [-0.25, -0.2) is 0 Å². The van der Waals surface area contributed by atoms with Crippen LogP contribution in [0.3, 0.4) is 0 Å². The lowest BCUT2D eigenvalue weighted by Gasteiger charge is -2.05. The molecule has 2 nitrogen and oxygen atoms in total. The van der Waals surface area contributed by atoms with Gasteiger partial charge in [-0.3, -0.25) is 4.79 Å². The van der Waals surface area contributed by atoms with Crippen molar-refractivity contribution in [3.63, 3.8) is 0 Å². The summed E-state index contributed by atoms with van der Waals surface area (Å²) in [6.07, 6.45) is 2.18. The fourth-order valence-corrected chi connectivity index (χ4v) is 2.06. The van der Waals surface area contributed by atoms with E-state index in [0.717, 1.165) is 12.0 Å². The van der Waals surface area contributed by atoms with Crippen molar-refractivity contribution in [2.75, 3.05) is 0 Å². The molecule has 2 aromatic carbocycles. The molecule has 0 saturated heterocycles. The Labute approximate surface area is 114 Å². The Morgan fingerprint density at radius 1 is 0.895 bits per heavy atom. The zero-order valence-corrected chi connectivity index (χ0v) is 11.2. The third-order valence-corrected chi connectivity index (χ3v) is 3.31. The Hall–Kier alpha value is -2.09. The fourth-order valence-electron chi connectivity index (χ4n) is 2.06. The summed E-state index contributed by atoms with van der Waals surface area (Å²) in [7, 11) is 0. The van der Waals surface area contributed by atoms with Gasteiger partial charge in [0.25, 0.3) is 0 Å². The summed E-state index contributed by atoms with van der Waals surface area (Å²) in [6.45, 7) is 2.16. The average molecular weight is 253 g/mol. The zero-order valence-electron chi connectivity index (χ0n) is 11.2. The quantitative estimate of drug-likeness (QED) is 0.872. The van der Waals surface area contributed by atoms with Gasteiger partial charge in [-0.2, -0.15) is 0 Å². The van der Waals surface area contributed by atoms with Gasteiger partial charge in [0.05, 0.1) is 0 Å². The highest BCUT2D eigenvalue weighted by Crippen LogP contribution is 2.21. The van der Waals surface area contributed by atoms with E-state index in [1.807, 2.05) is 0 Å². The lowest BCUT2D eigenvalue weighted by Crippen LogP contribution is -2.11. The highest BCUT2D eigenvalue weighted by Gasteiger charge is 2.00. The van der Waals surface area contributed by atoms with Crippen molar-refractivity contribution in [2.45, 2.75) is 26.2 Å². The van der Waals surface area contributed by atoms with Gasteiger partial charge in [0.1, 0.15) is 0 Å². The fraction of sp³-hybridized carbons (Fsp3) is 0.235. The summed E-state index contributed by atoms with van der Waals surface area (Å²) >= 11 is 0. The predicted molar refractivity (Wildman–Crippen MR) is 78.8 cm³/mol. The number of amides is 1. The van der Waals surface area contributed by atoms with Crippen molar-refractivity contribution in [3.8, 4) is 11.1 Å². The zero-order chi connectivity index (χ0) is 13.7. The molecule has 0 fully saturated rings. The predicted octanol–water partition coefficient (Wildman–Crippen LogP) is 3.33. The van der Waals surface area contributed by atoms with Crippen molar-refractivity contribution < 1.29 is 4.79 Å². The molecule has 1 amide bonds. The van der Waals surface area contributed by atoms with Crippen molar-refractivity contribution in [1.29, 1.82) is 0 Å². The monoisotopic (exact) mass is 253 g/mol. The molecule has 2 N–H and O–H groups in total. The molecule has 2 rings (SSSR count). The second kappa shape index (κ2) is 6.19. The minimum absolute atomic E-state index is 0.251. The molecule has 0 atom stereocenters. The minimum Gasteiger partial charge on any atom is -0.370 e. The second-order valence-corrected chi connectivity index (χ2v) is 4.71. The van der Waals surface area contributed by atoms with Crippen LogP contribution in [0.1, 0.15) is 24.5 Å². The molecule has 0 spiro atoms. The van der Waals surface area contributed by atoms with E-state index in [1.165, 1.54) is 16.7 Å². The molecule has 0 saturated carbocycles. The molecule has 0 aliphatic heterocycles. The normalized spacial score (nSPS) is 10.4. The van der Waals surface area contributed by atoms with Gasteiger partial charge in [0.2, 0.25) is 5.91 Å². The van der Waals surface area contributed by atoms with Crippen molar-refractivity contribution >= 4 is 5.91 Å². The van der Waals surface area contributed by atoms with Gasteiger partial charge in [0, 0.05) is 6.42 Å². The largest absolute Gasteiger partial charge is 0.370 e. The standard InChI is InChI=1S/C17H19NO/c1-2-13-3-8-15(9-4-13)16-10-5-14(6-11-16)7-12-17(18)19/h3-6,8-11H,2,7,12H2,1H3,(H2,18,19). The Morgan fingerprint density at radius 2 is 1.37 bits per heavy atom. The first-order valence-corrected chi connectivity index (χ1v) is 6.65. The van der Waals surface area contributed by atoms with Crippen LogP contribution in [-0.4, -0.2) is 5.91 Å². The smallest absolute Gasteiger partial charge is 0.217 e. The van der Waals surface area contributed by atoms with Crippen LogP contribution in [0.5, 0.6) is 0 Å². The number of hydrogen-bond donors (Lipinski definition) is 1. The maximum atomic E-state index is 10.7. The number of aryl methyl sites for hydroxylation is 2. The lowest BCUT2D eigenvalue weighted by molar-refractivity contribution is -0.117. The highest BCUT2D eigenvalue weighted by molar-refractivity contribution is 5.74. The maximum absolute atomic E-state index is 10.7. The number of primary amides is 1. The van der Waals surface area contributed by atoms with E-state index in [1.54, 1.807) is 0 Å². The topological polar surface area (TPSA) is 43.1 Å². The van der Waals surface area contributed by atoms with Crippen LogP contribution in [0.4, 0.5) is 0 Å². The van der Waals surface area contributed by atoms with E-state index < -0.39 is 0 Å². The van der Waals surface area contributed by atoms with Crippen molar-refractivity contribution in [3.05, 3.63) is 59.7 Å². The third-order valence-electron chi connectivity index (χ3n) is 3.31. The van der Waals surface area contributed by atoms with Crippen LogP contribution < -0.4 is 5.73 Å². The first-order valence-electron chi connectivity index (χ1n) is 6.65. The van der Waals surface area contributed by atoms with Crippen LogP contribution in [0.25, 0.3) is 11.1 Å². The molecule has 0 heterocycles. The van der Waals surface area contributed by atoms with Crippen molar-refractivity contribution in [2.24, 2.45) is 5.73 Å². The van der Waals surface area contributed by atoms with Crippen LogP contribution in [0, 0.1) is 0 Å². The number of carbonyl (C=O) groups is 1. The minimum atomic E-state index is -0.251. The molecule has 0 aromatic heterocycles. The molecule has 98 valence electrons. The van der Waals surface area contributed by atoms with E-state index in [-0.39, 0.29) is 5.91 Å². The van der Waals surface area contributed by atoms with Gasteiger partial charge in [-0.15, -0.1) is 0 Å². The van der Waals surface area contributed by atoms with Crippen molar-refractivity contribution in [1.82, 2.24) is 0 Å². The molecular weight excluding hydrogens is 234 g/mol. The molecular formula is C17H19NO. The second-order valence-electron chi connectivity index (χ2n) is 4.71. The molecule has 0 unspecified atom stereocenters. The maximum Gasteiger partial charge on any atom is 0.217 e. The summed E-state index contributed by atoms with van der Waals surface area (Å²) in [6, 6.07) is 16.9. The Morgan fingerprint density at radius 3 is 1.79 bits per heavy atom. The van der Waals surface area contributed by atoms with E-state index in [9.17, 15) is 4.79 Å². The molecule has 2 heteroatoms. The van der Waals surface area contributed by atoms with Gasteiger partial charge in [-0.05, 0) is 35.1 Å². The van der Waals surface area contributed by atoms with E-state index in [4.69, 9.17) is 5.73 Å². The van der Waals surface area contributed by atoms with Crippen LogP contribution in [0.2, 0.25) is 0 Å². The average Bonchev–Trinajstić information content (AvgIpc) is 2.46. The molecule has 2 aromatic rings. The summed E-state index contributed by atoms with van der Waals surface area (Å²) in [4.78, 5) is 10.7. The van der Waals surface area contributed by atoms with E-state index in [0.29, 0.717) is 12.8 Å². The molecule has 0 aliphatic rings. The number of benzene rings is 2. The first-order chi connectivity index (χ1) is 9.19. The van der Waals surface area contributed by atoms with Crippen LogP contribution >= 0.6 is 0 Å². The first kappa shape index (κ1) is 13.3. The van der Waals surface area contributed by atoms with E-state index in [2.05, 4.69) is 55.5 Å². The molecule has 0 radical (unpaired) electrons. The van der Waals surface area contributed by atoms with E-state index >= 15 is 0 Å². The number of rotatable bonds is 5. The summed E-state index contributed by atoms with van der Waals surface area (Å²) < 4.78 is 0. The SMILES string of the molecule is CCc1ccc(-c2ccc(CCC(N)=O)cc2)cc1. The van der Waals surface area contributed by atoms with Crippen LogP contribution in [0.15, 0.2) is 48.5 Å². The number of nitrogens with two attached hydrogens (primary N) is 1. The molecule has 0 bridgehead atoms. The van der Waals surface area contributed by atoms with Crippen LogP contribution in [-0.2, 0) is 17.6 Å². The highest BCUT2D eigenvalue weighted by atomic mass is 16.1. The van der Waals surface area contributed by atoms with Gasteiger partial charge in [0.15, 0.2) is 0 Å².